The zero-order valence-electron chi connectivity index (χ0n) is 10.6. The van der Waals surface area contributed by atoms with Crippen LogP contribution in [0.25, 0.3) is 10.2 Å². The molecule has 1 heterocycles. The van der Waals surface area contributed by atoms with Crippen LogP contribution >= 0.6 is 11.3 Å². The molecule has 0 bridgehead atoms. The second-order valence-corrected chi connectivity index (χ2v) is 6.11. The number of ether oxygens (including phenoxy) is 1. The topological polar surface area (TPSA) is 34.1 Å². The van der Waals surface area contributed by atoms with Crippen LogP contribution in [0.1, 0.15) is 19.3 Å². The van der Waals surface area contributed by atoms with Crippen molar-refractivity contribution in [2.75, 3.05) is 25.6 Å². The van der Waals surface area contributed by atoms with Gasteiger partial charge in [-0.05, 0) is 36.8 Å². The summed E-state index contributed by atoms with van der Waals surface area (Å²) in [4.78, 5) is 4.60. The van der Waals surface area contributed by atoms with Gasteiger partial charge in [-0.3, -0.25) is 0 Å². The molecule has 0 aliphatic heterocycles. The average Bonchev–Trinajstić information content (AvgIpc) is 3.04. The normalized spacial score (nSPS) is 16.9. The van der Waals surface area contributed by atoms with Gasteiger partial charge in [-0.25, -0.2) is 4.98 Å². The molecule has 0 atom stereocenters. The third-order valence-electron chi connectivity index (χ3n) is 3.70. The fourth-order valence-corrected chi connectivity index (χ4v) is 3.08. The van der Waals surface area contributed by atoms with Crippen molar-refractivity contribution in [3.05, 3.63) is 24.3 Å². The first-order valence-electron chi connectivity index (χ1n) is 6.40. The summed E-state index contributed by atoms with van der Waals surface area (Å²) in [7, 11) is 1.77. The predicted octanol–water partition coefficient (Wildman–Crippen LogP) is 3.52. The molecule has 0 unspecified atom stereocenters. The van der Waals surface area contributed by atoms with Gasteiger partial charge in [0.25, 0.3) is 0 Å². The van der Waals surface area contributed by atoms with Crippen molar-refractivity contribution in [3.8, 4) is 0 Å². The van der Waals surface area contributed by atoms with Crippen LogP contribution in [0.15, 0.2) is 24.3 Å². The quantitative estimate of drug-likeness (QED) is 0.865. The van der Waals surface area contributed by atoms with E-state index in [1.807, 2.05) is 6.07 Å². The first kappa shape index (κ1) is 11.9. The van der Waals surface area contributed by atoms with E-state index in [-0.39, 0.29) is 0 Å². The molecule has 3 rings (SSSR count). The third-order valence-corrected chi connectivity index (χ3v) is 4.70. The molecule has 1 N–H and O–H groups in total. The number of methoxy groups -OCH3 is 1. The van der Waals surface area contributed by atoms with Crippen LogP contribution in [-0.4, -0.2) is 25.2 Å². The summed E-state index contributed by atoms with van der Waals surface area (Å²) in [5.74, 6) is 0. The number of thiazole rings is 1. The van der Waals surface area contributed by atoms with Gasteiger partial charge in [-0.1, -0.05) is 23.5 Å². The van der Waals surface area contributed by atoms with Gasteiger partial charge in [-0.2, -0.15) is 0 Å². The van der Waals surface area contributed by atoms with Gasteiger partial charge in [0.15, 0.2) is 5.13 Å². The molecule has 1 aliphatic rings. The van der Waals surface area contributed by atoms with Gasteiger partial charge in [0.05, 0.1) is 10.2 Å². The van der Waals surface area contributed by atoms with E-state index in [4.69, 9.17) is 4.74 Å². The molecule has 1 fully saturated rings. The smallest absolute Gasteiger partial charge is 0.183 e. The van der Waals surface area contributed by atoms with Crippen molar-refractivity contribution in [2.24, 2.45) is 5.41 Å². The van der Waals surface area contributed by atoms with E-state index in [1.165, 1.54) is 17.5 Å². The van der Waals surface area contributed by atoms with Gasteiger partial charge in [0.2, 0.25) is 0 Å². The van der Waals surface area contributed by atoms with E-state index in [0.717, 1.165) is 30.2 Å². The van der Waals surface area contributed by atoms with Crippen molar-refractivity contribution in [2.45, 2.75) is 19.3 Å². The van der Waals surface area contributed by atoms with Gasteiger partial charge >= 0.3 is 0 Å². The number of para-hydroxylation sites is 1. The molecular weight excluding hydrogens is 244 g/mol. The first-order valence-corrected chi connectivity index (χ1v) is 7.21. The van der Waals surface area contributed by atoms with Crippen molar-refractivity contribution in [1.82, 2.24) is 4.98 Å². The van der Waals surface area contributed by atoms with E-state index >= 15 is 0 Å². The molecule has 1 aliphatic carbocycles. The number of aromatic nitrogens is 1. The minimum absolute atomic E-state index is 0.466. The monoisotopic (exact) mass is 262 g/mol. The molecule has 1 saturated carbocycles. The highest BCUT2D eigenvalue weighted by atomic mass is 32.1. The second-order valence-electron chi connectivity index (χ2n) is 5.08. The molecule has 3 nitrogen and oxygen atoms in total. The summed E-state index contributed by atoms with van der Waals surface area (Å²) < 4.78 is 6.43. The van der Waals surface area contributed by atoms with Crippen LogP contribution in [0.5, 0.6) is 0 Å². The molecule has 2 aromatic rings. The molecule has 18 heavy (non-hydrogen) atoms. The summed E-state index contributed by atoms with van der Waals surface area (Å²) in [5, 5.41) is 4.54. The predicted molar refractivity (Wildman–Crippen MR) is 76.3 cm³/mol. The standard InChI is InChI=1S/C14H18N2OS/c1-17-9-8-14(6-7-14)10-15-13-16-11-4-2-3-5-12(11)18-13/h2-5H,6-10H2,1H3,(H,15,16). The molecule has 0 spiro atoms. The van der Waals surface area contributed by atoms with Crippen LogP contribution in [-0.2, 0) is 4.74 Å². The lowest BCUT2D eigenvalue weighted by molar-refractivity contribution is 0.175. The van der Waals surface area contributed by atoms with Crippen LogP contribution in [0.2, 0.25) is 0 Å². The highest BCUT2D eigenvalue weighted by molar-refractivity contribution is 7.22. The number of rotatable bonds is 6. The summed E-state index contributed by atoms with van der Waals surface area (Å²) >= 11 is 1.74. The Hall–Kier alpha value is -1.13. The van der Waals surface area contributed by atoms with Crippen molar-refractivity contribution >= 4 is 26.7 Å². The molecule has 0 radical (unpaired) electrons. The third kappa shape index (κ3) is 2.49. The number of nitrogens with zero attached hydrogens (tertiary/aromatic N) is 1. The number of anilines is 1. The van der Waals surface area contributed by atoms with E-state index in [2.05, 4.69) is 28.5 Å². The molecule has 4 heteroatoms. The van der Waals surface area contributed by atoms with Crippen molar-refractivity contribution in [1.29, 1.82) is 0 Å². The van der Waals surface area contributed by atoms with Gasteiger partial charge in [0, 0.05) is 20.3 Å². The van der Waals surface area contributed by atoms with Gasteiger partial charge < -0.3 is 10.1 Å². The molecular formula is C14H18N2OS. The fourth-order valence-electron chi connectivity index (χ4n) is 2.22. The number of benzene rings is 1. The van der Waals surface area contributed by atoms with E-state index in [9.17, 15) is 0 Å². The van der Waals surface area contributed by atoms with Crippen LogP contribution in [0, 0.1) is 5.41 Å². The van der Waals surface area contributed by atoms with Crippen LogP contribution < -0.4 is 5.32 Å². The SMILES string of the molecule is COCCC1(CNc2nc3ccccc3s2)CC1. The fraction of sp³-hybridized carbons (Fsp3) is 0.500. The zero-order chi connectivity index (χ0) is 12.4. The summed E-state index contributed by atoms with van der Waals surface area (Å²) in [6.45, 7) is 1.89. The Bertz CT molecular complexity index is 500. The average molecular weight is 262 g/mol. The number of hydrogen-bond donors (Lipinski definition) is 1. The van der Waals surface area contributed by atoms with Crippen molar-refractivity contribution < 1.29 is 4.74 Å². The second kappa shape index (κ2) is 4.86. The highest BCUT2D eigenvalue weighted by Gasteiger charge is 2.41. The Labute approximate surface area is 111 Å². The number of fused-ring (bicyclic) bond motifs is 1. The van der Waals surface area contributed by atoms with Crippen LogP contribution in [0.3, 0.4) is 0 Å². The molecule has 0 amide bonds. The van der Waals surface area contributed by atoms with Crippen LogP contribution in [0.4, 0.5) is 5.13 Å². The Balaban J connectivity index is 1.63. The Morgan fingerprint density at radius 1 is 1.39 bits per heavy atom. The zero-order valence-corrected chi connectivity index (χ0v) is 11.4. The molecule has 0 saturated heterocycles. The lowest BCUT2D eigenvalue weighted by Crippen LogP contribution is -2.17. The molecule has 1 aromatic heterocycles. The maximum atomic E-state index is 5.18. The first-order chi connectivity index (χ1) is 8.81. The largest absolute Gasteiger partial charge is 0.385 e. The Morgan fingerprint density at radius 2 is 2.22 bits per heavy atom. The van der Waals surface area contributed by atoms with Gasteiger partial charge in [-0.15, -0.1) is 0 Å². The van der Waals surface area contributed by atoms with E-state index in [1.54, 1.807) is 18.4 Å². The van der Waals surface area contributed by atoms with Gasteiger partial charge in [0.1, 0.15) is 0 Å². The number of nitrogens with one attached hydrogen (secondary N) is 1. The van der Waals surface area contributed by atoms with E-state index < -0.39 is 0 Å². The Kier molecular flexibility index (Phi) is 3.22. The summed E-state index contributed by atoms with van der Waals surface area (Å²) in [5.41, 5.74) is 1.56. The Morgan fingerprint density at radius 3 is 2.94 bits per heavy atom. The minimum atomic E-state index is 0.466. The van der Waals surface area contributed by atoms with E-state index in [0.29, 0.717) is 5.41 Å². The number of hydrogen-bond acceptors (Lipinski definition) is 4. The highest BCUT2D eigenvalue weighted by Crippen LogP contribution is 2.48. The lowest BCUT2D eigenvalue weighted by atomic mass is 10.0. The summed E-state index contributed by atoms with van der Waals surface area (Å²) in [6.07, 6.45) is 3.78. The van der Waals surface area contributed by atoms with Crippen molar-refractivity contribution in [3.63, 3.8) is 0 Å². The molecule has 1 aromatic carbocycles. The minimum Gasteiger partial charge on any atom is -0.385 e. The lowest BCUT2D eigenvalue weighted by Gasteiger charge is -2.14. The maximum Gasteiger partial charge on any atom is 0.183 e. The maximum absolute atomic E-state index is 5.18. The molecule has 96 valence electrons. The summed E-state index contributed by atoms with van der Waals surface area (Å²) in [6, 6.07) is 8.28.